The summed E-state index contributed by atoms with van der Waals surface area (Å²) in [5, 5.41) is 2.05. The molecule has 0 spiro atoms. The van der Waals surface area contributed by atoms with E-state index in [0.717, 1.165) is 10.8 Å². The highest BCUT2D eigenvalue weighted by Gasteiger charge is 2.40. The second-order valence-corrected chi connectivity index (χ2v) is 5.25. The zero-order chi connectivity index (χ0) is 13.5. The van der Waals surface area contributed by atoms with E-state index in [-0.39, 0.29) is 11.4 Å². The van der Waals surface area contributed by atoms with E-state index in [1.165, 1.54) is 0 Å². The number of fused-ring (bicyclic) bond motifs is 1. The predicted octanol–water partition coefficient (Wildman–Crippen LogP) is 3.21. The monoisotopic (exact) mass is 256 g/mol. The first-order valence-corrected chi connectivity index (χ1v) is 6.38. The van der Waals surface area contributed by atoms with Gasteiger partial charge in [0.25, 0.3) is 0 Å². The lowest BCUT2D eigenvalue weighted by molar-refractivity contribution is 0.101. The van der Waals surface area contributed by atoms with Crippen LogP contribution in [0.4, 0.5) is 0 Å². The number of epoxide rings is 1. The molecule has 1 unspecified atom stereocenters. The molecule has 1 fully saturated rings. The van der Waals surface area contributed by atoms with Gasteiger partial charge in [-0.2, -0.15) is 0 Å². The third-order valence-electron chi connectivity index (χ3n) is 3.42. The van der Waals surface area contributed by atoms with E-state index < -0.39 is 0 Å². The fourth-order valence-electron chi connectivity index (χ4n) is 2.11. The Morgan fingerprint density at radius 1 is 1.32 bits per heavy atom. The maximum absolute atomic E-state index is 11.7. The minimum atomic E-state index is -0.189. The van der Waals surface area contributed by atoms with Crippen LogP contribution in [0.25, 0.3) is 10.8 Å². The molecule has 0 saturated carbocycles. The van der Waals surface area contributed by atoms with Gasteiger partial charge in [0.2, 0.25) is 0 Å². The van der Waals surface area contributed by atoms with Crippen molar-refractivity contribution in [2.24, 2.45) is 0 Å². The van der Waals surface area contributed by atoms with E-state index in [1.807, 2.05) is 43.3 Å². The van der Waals surface area contributed by atoms with Gasteiger partial charge in [0.1, 0.15) is 18.0 Å². The minimum Gasteiger partial charge on any atom is -0.489 e. The smallest absolute Gasteiger partial charge is 0.163 e. The van der Waals surface area contributed by atoms with Crippen LogP contribution in [0.5, 0.6) is 5.75 Å². The van der Waals surface area contributed by atoms with Crippen LogP contribution < -0.4 is 4.74 Å². The second-order valence-electron chi connectivity index (χ2n) is 5.25. The van der Waals surface area contributed by atoms with E-state index in [0.29, 0.717) is 24.5 Å². The molecular formula is C16H16O3. The molecule has 1 heterocycles. The number of ether oxygens (including phenoxy) is 2. The molecule has 1 atom stereocenters. The van der Waals surface area contributed by atoms with Gasteiger partial charge < -0.3 is 9.47 Å². The molecule has 0 radical (unpaired) electrons. The lowest BCUT2D eigenvalue weighted by Crippen LogP contribution is -2.18. The molecule has 2 aromatic rings. The summed E-state index contributed by atoms with van der Waals surface area (Å²) in [6.45, 7) is 4.76. The standard InChI is InChI=1S/C16H16O3/c1-11(17)13-8-7-12-5-3-4-6-14(12)15(13)18-9-16(2)10-19-16/h3-8H,9-10H2,1-2H3. The summed E-state index contributed by atoms with van der Waals surface area (Å²) < 4.78 is 11.2. The van der Waals surface area contributed by atoms with Crippen LogP contribution in [0.2, 0.25) is 0 Å². The Morgan fingerprint density at radius 3 is 2.74 bits per heavy atom. The van der Waals surface area contributed by atoms with Gasteiger partial charge in [-0.1, -0.05) is 30.3 Å². The average Bonchev–Trinajstić information content (AvgIpc) is 3.14. The van der Waals surface area contributed by atoms with Crippen LogP contribution >= 0.6 is 0 Å². The lowest BCUT2D eigenvalue weighted by Gasteiger charge is -2.14. The van der Waals surface area contributed by atoms with Crippen molar-refractivity contribution < 1.29 is 14.3 Å². The van der Waals surface area contributed by atoms with Crippen molar-refractivity contribution in [1.29, 1.82) is 0 Å². The fraction of sp³-hybridized carbons (Fsp3) is 0.312. The maximum Gasteiger partial charge on any atom is 0.163 e. The van der Waals surface area contributed by atoms with Crippen LogP contribution in [0.3, 0.4) is 0 Å². The van der Waals surface area contributed by atoms with Gasteiger partial charge in [-0.25, -0.2) is 0 Å². The second kappa shape index (κ2) is 4.35. The Kier molecular flexibility index (Phi) is 2.79. The first-order chi connectivity index (χ1) is 9.09. The number of Topliss-reactive ketones (excluding diaryl/α,β-unsaturated/α-hetero) is 1. The van der Waals surface area contributed by atoms with E-state index in [9.17, 15) is 4.79 Å². The summed E-state index contributed by atoms with van der Waals surface area (Å²) in [6.07, 6.45) is 0. The molecule has 0 amide bonds. The van der Waals surface area contributed by atoms with Gasteiger partial charge in [0.05, 0.1) is 12.2 Å². The predicted molar refractivity (Wildman–Crippen MR) is 73.8 cm³/mol. The quantitative estimate of drug-likeness (QED) is 0.623. The minimum absolute atomic E-state index is 0.0163. The SMILES string of the molecule is CC(=O)c1ccc2ccccc2c1OCC1(C)CO1. The summed E-state index contributed by atoms with van der Waals surface area (Å²) >= 11 is 0. The molecule has 3 rings (SSSR count). The zero-order valence-electron chi connectivity index (χ0n) is 11.1. The molecule has 19 heavy (non-hydrogen) atoms. The number of hydrogen-bond donors (Lipinski definition) is 0. The summed E-state index contributed by atoms with van der Waals surface area (Å²) in [5.41, 5.74) is 0.438. The largest absolute Gasteiger partial charge is 0.489 e. The Balaban J connectivity index is 2.06. The Bertz CT molecular complexity index is 641. The van der Waals surface area contributed by atoms with Crippen LogP contribution in [-0.2, 0) is 4.74 Å². The summed E-state index contributed by atoms with van der Waals surface area (Å²) in [5.74, 6) is 0.685. The lowest BCUT2D eigenvalue weighted by atomic mass is 10.0. The van der Waals surface area contributed by atoms with Gasteiger partial charge in [-0.15, -0.1) is 0 Å². The van der Waals surface area contributed by atoms with Crippen molar-refractivity contribution in [2.45, 2.75) is 19.4 Å². The number of hydrogen-bond acceptors (Lipinski definition) is 3. The van der Waals surface area contributed by atoms with Crippen molar-refractivity contribution >= 4 is 16.6 Å². The van der Waals surface area contributed by atoms with Gasteiger partial charge in [0.15, 0.2) is 5.78 Å². The number of ketones is 1. The van der Waals surface area contributed by atoms with E-state index >= 15 is 0 Å². The van der Waals surface area contributed by atoms with E-state index in [4.69, 9.17) is 9.47 Å². The molecule has 3 heteroatoms. The van der Waals surface area contributed by atoms with Crippen molar-refractivity contribution in [1.82, 2.24) is 0 Å². The highest BCUT2D eigenvalue weighted by atomic mass is 16.6. The molecule has 2 aromatic carbocycles. The molecule has 1 aliphatic heterocycles. The van der Waals surface area contributed by atoms with Crippen molar-refractivity contribution in [3.05, 3.63) is 42.0 Å². The molecule has 1 saturated heterocycles. The van der Waals surface area contributed by atoms with Crippen molar-refractivity contribution in [3.63, 3.8) is 0 Å². The number of carbonyl (C=O) groups excluding carboxylic acids is 1. The molecule has 3 nitrogen and oxygen atoms in total. The Hall–Kier alpha value is -1.87. The Morgan fingerprint density at radius 2 is 2.05 bits per heavy atom. The number of rotatable bonds is 4. The Labute approximate surface area is 112 Å². The molecule has 0 aromatic heterocycles. The number of benzene rings is 2. The number of carbonyl (C=O) groups is 1. The first kappa shape index (κ1) is 12.2. The summed E-state index contributed by atoms with van der Waals surface area (Å²) in [7, 11) is 0. The molecule has 0 N–H and O–H groups in total. The van der Waals surface area contributed by atoms with Crippen LogP contribution in [0.1, 0.15) is 24.2 Å². The van der Waals surface area contributed by atoms with Gasteiger partial charge in [0, 0.05) is 5.39 Å². The van der Waals surface area contributed by atoms with Crippen LogP contribution in [0.15, 0.2) is 36.4 Å². The van der Waals surface area contributed by atoms with Crippen molar-refractivity contribution in [3.8, 4) is 5.75 Å². The normalized spacial score (nSPS) is 21.4. The fourth-order valence-corrected chi connectivity index (χ4v) is 2.11. The van der Waals surface area contributed by atoms with Crippen LogP contribution in [0, 0.1) is 0 Å². The first-order valence-electron chi connectivity index (χ1n) is 6.38. The van der Waals surface area contributed by atoms with Crippen LogP contribution in [-0.4, -0.2) is 24.6 Å². The maximum atomic E-state index is 11.7. The summed E-state index contributed by atoms with van der Waals surface area (Å²) in [6, 6.07) is 11.7. The van der Waals surface area contributed by atoms with Crippen molar-refractivity contribution in [2.75, 3.05) is 13.2 Å². The highest BCUT2D eigenvalue weighted by molar-refractivity contribution is 6.03. The van der Waals surface area contributed by atoms with Gasteiger partial charge in [-0.05, 0) is 25.3 Å². The molecule has 0 aliphatic carbocycles. The molecule has 1 aliphatic rings. The van der Waals surface area contributed by atoms with Gasteiger partial charge in [-0.3, -0.25) is 4.79 Å². The molecule has 98 valence electrons. The third-order valence-corrected chi connectivity index (χ3v) is 3.42. The average molecular weight is 256 g/mol. The van der Waals surface area contributed by atoms with E-state index in [1.54, 1.807) is 6.92 Å². The molecular weight excluding hydrogens is 240 g/mol. The zero-order valence-corrected chi connectivity index (χ0v) is 11.1. The van der Waals surface area contributed by atoms with Gasteiger partial charge >= 0.3 is 0 Å². The summed E-state index contributed by atoms with van der Waals surface area (Å²) in [4.78, 5) is 11.7. The highest BCUT2D eigenvalue weighted by Crippen LogP contribution is 2.33. The van der Waals surface area contributed by atoms with E-state index in [2.05, 4.69) is 0 Å². The third kappa shape index (κ3) is 2.34. The molecule has 0 bridgehead atoms. The topological polar surface area (TPSA) is 38.8 Å².